The van der Waals surface area contributed by atoms with Crippen LogP contribution in [0.2, 0.25) is 0 Å². The van der Waals surface area contributed by atoms with Crippen LogP contribution in [0.5, 0.6) is 0 Å². The van der Waals surface area contributed by atoms with E-state index >= 15 is 0 Å². The largest absolute Gasteiger partial charge is 0.325 e. The Hall–Kier alpha value is -3.67. The van der Waals surface area contributed by atoms with Crippen LogP contribution in [0.15, 0.2) is 66.7 Å². The van der Waals surface area contributed by atoms with Crippen molar-refractivity contribution >= 4 is 34.3 Å². The number of para-hydroxylation sites is 1. The van der Waals surface area contributed by atoms with Gasteiger partial charge in [0.05, 0.1) is 0 Å². The molecule has 0 spiro atoms. The van der Waals surface area contributed by atoms with Gasteiger partial charge in [-0.05, 0) is 47.7 Å². The summed E-state index contributed by atoms with van der Waals surface area (Å²) in [7, 11) is 0. The van der Waals surface area contributed by atoms with Crippen molar-refractivity contribution in [3.63, 3.8) is 0 Å². The average molecular weight is 413 g/mol. The van der Waals surface area contributed by atoms with Gasteiger partial charge in [-0.25, -0.2) is 4.79 Å². The lowest BCUT2D eigenvalue weighted by atomic mass is 9.88. The Morgan fingerprint density at radius 1 is 1.00 bits per heavy atom. The van der Waals surface area contributed by atoms with E-state index < -0.39 is 17.5 Å². The fourth-order valence-corrected chi connectivity index (χ4v) is 4.70. The zero-order valence-corrected chi connectivity index (χ0v) is 17.3. The van der Waals surface area contributed by atoms with Crippen LogP contribution in [-0.2, 0) is 21.5 Å². The summed E-state index contributed by atoms with van der Waals surface area (Å²) < 4.78 is 0. The first kappa shape index (κ1) is 19.3. The van der Waals surface area contributed by atoms with Crippen molar-refractivity contribution in [3.8, 4) is 0 Å². The molecule has 2 aliphatic heterocycles. The van der Waals surface area contributed by atoms with E-state index in [0.29, 0.717) is 6.54 Å². The van der Waals surface area contributed by atoms with Crippen LogP contribution in [0.3, 0.4) is 0 Å². The molecule has 4 amide bonds. The van der Waals surface area contributed by atoms with Crippen LogP contribution >= 0.6 is 0 Å². The molecule has 2 heterocycles. The van der Waals surface area contributed by atoms with Gasteiger partial charge in [0.15, 0.2) is 0 Å². The smallest absolute Gasteiger partial charge is 0.319 e. The molecular formula is C25H23N3O3. The topological polar surface area (TPSA) is 69.7 Å². The van der Waals surface area contributed by atoms with Crippen molar-refractivity contribution in [3.05, 3.63) is 77.9 Å². The van der Waals surface area contributed by atoms with E-state index in [0.717, 1.165) is 45.3 Å². The summed E-state index contributed by atoms with van der Waals surface area (Å²) in [5.74, 6) is -0.662. The molecule has 0 saturated carbocycles. The number of aryl methyl sites for hydroxylation is 1. The lowest BCUT2D eigenvalue weighted by molar-refractivity contribution is -0.134. The van der Waals surface area contributed by atoms with Crippen molar-refractivity contribution in [1.29, 1.82) is 0 Å². The van der Waals surface area contributed by atoms with Crippen molar-refractivity contribution in [2.75, 3.05) is 18.0 Å². The van der Waals surface area contributed by atoms with Gasteiger partial charge >= 0.3 is 6.03 Å². The first-order valence-corrected chi connectivity index (χ1v) is 10.5. The predicted molar refractivity (Wildman–Crippen MR) is 119 cm³/mol. The number of amides is 4. The summed E-state index contributed by atoms with van der Waals surface area (Å²) in [6.07, 6.45) is 1.78. The van der Waals surface area contributed by atoms with Crippen LogP contribution in [0.4, 0.5) is 10.5 Å². The summed E-state index contributed by atoms with van der Waals surface area (Å²) in [4.78, 5) is 42.1. The summed E-state index contributed by atoms with van der Waals surface area (Å²) in [5.41, 5.74) is 1.47. The van der Waals surface area contributed by atoms with Crippen molar-refractivity contribution < 1.29 is 14.4 Å². The fourth-order valence-electron chi connectivity index (χ4n) is 4.70. The predicted octanol–water partition coefficient (Wildman–Crippen LogP) is 3.59. The minimum absolute atomic E-state index is 0.252. The Labute approximate surface area is 180 Å². The molecule has 1 N–H and O–H groups in total. The molecule has 3 aromatic rings. The molecular weight excluding hydrogens is 390 g/mol. The molecule has 6 heteroatoms. The normalized spacial score (nSPS) is 20.7. The van der Waals surface area contributed by atoms with Gasteiger partial charge in [0.2, 0.25) is 5.91 Å². The third-order valence-corrected chi connectivity index (χ3v) is 6.31. The van der Waals surface area contributed by atoms with E-state index in [2.05, 4.69) is 5.32 Å². The number of hydrogen-bond acceptors (Lipinski definition) is 3. The van der Waals surface area contributed by atoms with Gasteiger partial charge in [-0.3, -0.25) is 14.5 Å². The lowest BCUT2D eigenvalue weighted by Crippen LogP contribution is -2.46. The number of benzene rings is 3. The van der Waals surface area contributed by atoms with Crippen molar-refractivity contribution in [2.24, 2.45) is 0 Å². The third kappa shape index (κ3) is 3.06. The van der Waals surface area contributed by atoms with Gasteiger partial charge in [-0.2, -0.15) is 0 Å². The van der Waals surface area contributed by atoms with Gasteiger partial charge in [-0.15, -0.1) is 0 Å². The Kier molecular flexibility index (Phi) is 4.50. The highest BCUT2D eigenvalue weighted by Crippen LogP contribution is 2.34. The van der Waals surface area contributed by atoms with E-state index in [1.54, 1.807) is 11.8 Å². The van der Waals surface area contributed by atoms with E-state index in [1.807, 2.05) is 66.7 Å². The summed E-state index contributed by atoms with van der Waals surface area (Å²) >= 11 is 0. The number of nitrogens with one attached hydrogen (secondary N) is 1. The maximum absolute atomic E-state index is 13.4. The molecule has 5 rings (SSSR count). The standard InChI is InChI=1S/C25H23N3O3/c1-25(20-13-6-10-17-8-2-4-12-19(17)20)23(30)28(24(31)26-25)16-22(29)27-15-7-11-18-9-3-5-14-21(18)27/h2-6,8-10,12-14H,7,11,15-16H2,1H3,(H,26,31)/t25-/m1/s1. The average Bonchev–Trinajstić information content (AvgIpc) is 3.02. The Balaban J connectivity index is 1.44. The lowest BCUT2D eigenvalue weighted by Gasteiger charge is -2.30. The second-order valence-electron chi connectivity index (χ2n) is 8.25. The number of nitrogens with zero attached hydrogens (tertiary/aromatic N) is 2. The number of fused-ring (bicyclic) bond motifs is 2. The summed E-state index contributed by atoms with van der Waals surface area (Å²) in [6, 6.07) is 20.7. The van der Waals surface area contributed by atoms with Crippen LogP contribution in [0, 0.1) is 0 Å². The van der Waals surface area contributed by atoms with Gasteiger partial charge in [0.1, 0.15) is 12.1 Å². The Morgan fingerprint density at radius 2 is 1.74 bits per heavy atom. The molecule has 156 valence electrons. The van der Waals surface area contributed by atoms with E-state index in [-0.39, 0.29) is 12.5 Å². The monoisotopic (exact) mass is 413 g/mol. The van der Waals surface area contributed by atoms with Crippen molar-refractivity contribution in [2.45, 2.75) is 25.3 Å². The number of imide groups is 1. The number of carbonyl (C=O) groups is 3. The summed E-state index contributed by atoms with van der Waals surface area (Å²) in [6.45, 7) is 2.01. The van der Waals surface area contributed by atoms with Crippen LogP contribution in [0.1, 0.15) is 24.5 Å². The number of hydrogen-bond donors (Lipinski definition) is 1. The molecule has 1 fully saturated rings. The van der Waals surface area contributed by atoms with Gasteiger partial charge in [0.25, 0.3) is 5.91 Å². The molecule has 0 bridgehead atoms. The quantitative estimate of drug-likeness (QED) is 0.667. The minimum Gasteiger partial charge on any atom is -0.319 e. The molecule has 2 aliphatic rings. The molecule has 3 aromatic carbocycles. The SMILES string of the molecule is C[C@]1(c2cccc3ccccc23)NC(=O)N(CC(=O)N2CCCc3ccccc32)C1=O. The molecule has 0 radical (unpaired) electrons. The van der Waals surface area contributed by atoms with Gasteiger partial charge < -0.3 is 10.2 Å². The highest BCUT2D eigenvalue weighted by atomic mass is 16.2. The first-order chi connectivity index (χ1) is 15.0. The Morgan fingerprint density at radius 3 is 2.61 bits per heavy atom. The van der Waals surface area contributed by atoms with Gasteiger partial charge in [-0.1, -0.05) is 60.7 Å². The van der Waals surface area contributed by atoms with Crippen LogP contribution < -0.4 is 10.2 Å². The zero-order chi connectivity index (χ0) is 21.6. The Bertz CT molecular complexity index is 1220. The second kappa shape index (κ2) is 7.23. The van der Waals surface area contributed by atoms with E-state index in [1.165, 1.54) is 0 Å². The highest BCUT2D eigenvalue weighted by molar-refractivity contribution is 6.12. The number of urea groups is 1. The van der Waals surface area contributed by atoms with Gasteiger partial charge in [0, 0.05) is 12.2 Å². The zero-order valence-electron chi connectivity index (χ0n) is 17.3. The minimum atomic E-state index is -1.22. The molecule has 6 nitrogen and oxygen atoms in total. The molecule has 0 unspecified atom stereocenters. The van der Waals surface area contributed by atoms with Crippen molar-refractivity contribution in [1.82, 2.24) is 10.2 Å². The maximum Gasteiger partial charge on any atom is 0.325 e. The molecule has 0 aliphatic carbocycles. The molecule has 31 heavy (non-hydrogen) atoms. The van der Waals surface area contributed by atoms with Crippen LogP contribution in [-0.4, -0.2) is 35.8 Å². The van der Waals surface area contributed by atoms with Crippen LogP contribution in [0.25, 0.3) is 10.8 Å². The van der Waals surface area contributed by atoms with E-state index in [9.17, 15) is 14.4 Å². The first-order valence-electron chi connectivity index (χ1n) is 10.5. The molecule has 1 saturated heterocycles. The fraction of sp³-hybridized carbons (Fsp3) is 0.240. The number of rotatable bonds is 3. The maximum atomic E-state index is 13.4. The second-order valence-corrected chi connectivity index (χ2v) is 8.25. The third-order valence-electron chi connectivity index (χ3n) is 6.31. The number of anilines is 1. The summed E-state index contributed by atoms with van der Waals surface area (Å²) in [5, 5.41) is 4.72. The molecule has 1 atom stereocenters. The molecule has 0 aromatic heterocycles. The highest BCUT2D eigenvalue weighted by Gasteiger charge is 2.50. The van der Waals surface area contributed by atoms with E-state index in [4.69, 9.17) is 0 Å². The number of carbonyl (C=O) groups excluding carboxylic acids is 3.